The van der Waals surface area contributed by atoms with Gasteiger partial charge in [0, 0.05) is 20.0 Å². The maximum Gasteiger partial charge on any atom is 0.240 e. The Hall–Kier alpha value is -0.820. The minimum absolute atomic E-state index is 0.0275. The summed E-state index contributed by atoms with van der Waals surface area (Å²) < 4.78 is 26.0. The average Bonchev–Trinajstić information content (AvgIpc) is 2.28. The minimum Gasteiger partial charge on any atom is -0.355 e. The molecule has 100 valence electrons. The van der Waals surface area contributed by atoms with Crippen molar-refractivity contribution in [1.82, 2.24) is 10.0 Å². The normalized spacial score (nSPS) is 11.3. The fraction of sp³-hybridized carbons (Fsp3) is 0.300. The highest BCUT2D eigenvalue weighted by molar-refractivity contribution is 7.89. The van der Waals surface area contributed by atoms with Crippen molar-refractivity contribution >= 4 is 39.1 Å². The Morgan fingerprint density at radius 1 is 1.22 bits per heavy atom. The third kappa shape index (κ3) is 4.45. The van der Waals surface area contributed by atoms with E-state index in [1.54, 1.807) is 0 Å². The fourth-order valence-electron chi connectivity index (χ4n) is 1.15. The van der Waals surface area contributed by atoms with E-state index in [0.29, 0.717) is 0 Å². The van der Waals surface area contributed by atoms with E-state index in [1.807, 2.05) is 0 Å². The molecule has 0 radical (unpaired) electrons. The molecule has 2 N–H and O–H groups in total. The zero-order valence-corrected chi connectivity index (χ0v) is 11.9. The van der Waals surface area contributed by atoms with E-state index in [4.69, 9.17) is 23.2 Å². The number of rotatable bonds is 5. The molecule has 0 aliphatic carbocycles. The first-order valence-electron chi connectivity index (χ1n) is 5.02. The van der Waals surface area contributed by atoms with Gasteiger partial charge in [-0.05, 0) is 18.2 Å². The van der Waals surface area contributed by atoms with Crippen LogP contribution in [0.3, 0.4) is 0 Å². The number of hydrogen-bond donors (Lipinski definition) is 2. The van der Waals surface area contributed by atoms with E-state index in [2.05, 4.69) is 10.0 Å². The number of halogens is 2. The molecule has 1 rings (SSSR count). The van der Waals surface area contributed by atoms with Crippen LogP contribution in [0.2, 0.25) is 10.0 Å². The van der Waals surface area contributed by atoms with Crippen molar-refractivity contribution in [1.29, 1.82) is 0 Å². The van der Waals surface area contributed by atoms with Crippen LogP contribution >= 0.6 is 23.2 Å². The van der Waals surface area contributed by atoms with Crippen molar-refractivity contribution in [3.05, 3.63) is 28.2 Å². The van der Waals surface area contributed by atoms with Crippen LogP contribution in [0.1, 0.15) is 6.92 Å². The van der Waals surface area contributed by atoms with Crippen LogP contribution in [0.15, 0.2) is 23.1 Å². The van der Waals surface area contributed by atoms with E-state index in [0.717, 1.165) is 0 Å². The van der Waals surface area contributed by atoms with Crippen molar-refractivity contribution in [2.75, 3.05) is 13.1 Å². The van der Waals surface area contributed by atoms with Gasteiger partial charge >= 0.3 is 0 Å². The van der Waals surface area contributed by atoms with Crippen LogP contribution in [0.25, 0.3) is 0 Å². The Kier molecular flexibility index (Phi) is 5.40. The molecule has 0 unspecified atom stereocenters. The lowest BCUT2D eigenvalue weighted by molar-refractivity contribution is -0.118. The van der Waals surface area contributed by atoms with E-state index in [9.17, 15) is 13.2 Å². The van der Waals surface area contributed by atoms with Gasteiger partial charge in [0.25, 0.3) is 0 Å². The molecule has 0 aliphatic rings. The fourth-order valence-corrected chi connectivity index (χ4v) is 2.57. The number of carbonyl (C=O) groups is 1. The van der Waals surface area contributed by atoms with Crippen LogP contribution in [-0.4, -0.2) is 27.4 Å². The van der Waals surface area contributed by atoms with E-state index in [1.165, 1.54) is 25.1 Å². The van der Waals surface area contributed by atoms with Gasteiger partial charge in [-0.25, -0.2) is 13.1 Å². The van der Waals surface area contributed by atoms with Gasteiger partial charge in [0.2, 0.25) is 15.9 Å². The SMILES string of the molecule is CC(=O)NCCNS(=O)(=O)c1ccc(Cl)c(Cl)c1. The highest BCUT2D eigenvalue weighted by Gasteiger charge is 2.14. The van der Waals surface area contributed by atoms with Crippen LogP contribution in [-0.2, 0) is 14.8 Å². The molecule has 1 aromatic carbocycles. The molecule has 1 amide bonds. The molecule has 0 saturated heterocycles. The van der Waals surface area contributed by atoms with Crippen LogP contribution in [0, 0.1) is 0 Å². The summed E-state index contributed by atoms with van der Waals surface area (Å²) in [6.07, 6.45) is 0. The lowest BCUT2D eigenvalue weighted by atomic mass is 10.4. The first-order chi connectivity index (χ1) is 8.33. The summed E-state index contributed by atoms with van der Waals surface area (Å²) in [4.78, 5) is 10.6. The Morgan fingerprint density at radius 3 is 2.44 bits per heavy atom. The molecule has 0 bridgehead atoms. The zero-order valence-electron chi connectivity index (χ0n) is 9.54. The summed E-state index contributed by atoms with van der Waals surface area (Å²) in [5.74, 6) is -0.219. The predicted molar refractivity (Wildman–Crippen MR) is 70.3 cm³/mol. The van der Waals surface area contributed by atoms with Gasteiger partial charge in [-0.3, -0.25) is 4.79 Å². The largest absolute Gasteiger partial charge is 0.355 e. The number of carbonyl (C=O) groups excluding carboxylic acids is 1. The molecule has 18 heavy (non-hydrogen) atoms. The second-order valence-electron chi connectivity index (χ2n) is 3.46. The molecular formula is C10H12Cl2N2O3S. The molecule has 0 aliphatic heterocycles. The van der Waals surface area contributed by atoms with Gasteiger partial charge in [0.05, 0.1) is 14.9 Å². The monoisotopic (exact) mass is 310 g/mol. The molecule has 1 aromatic rings. The first kappa shape index (κ1) is 15.2. The third-order valence-electron chi connectivity index (χ3n) is 1.99. The molecule has 5 nitrogen and oxygen atoms in total. The standard InChI is InChI=1S/C10H12Cl2N2O3S/c1-7(15)13-4-5-14-18(16,17)8-2-3-9(11)10(12)6-8/h2-3,6,14H,4-5H2,1H3,(H,13,15). The van der Waals surface area contributed by atoms with Crippen molar-refractivity contribution in [3.8, 4) is 0 Å². The van der Waals surface area contributed by atoms with Crippen molar-refractivity contribution < 1.29 is 13.2 Å². The first-order valence-corrected chi connectivity index (χ1v) is 7.26. The Labute approximate surface area is 116 Å². The summed E-state index contributed by atoms with van der Waals surface area (Å²) in [6.45, 7) is 1.67. The van der Waals surface area contributed by atoms with Crippen LogP contribution < -0.4 is 10.0 Å². The van der Waals surface area contributed by atoms with Gasteiger partial charge in [-0.2, -0.15) is 0 Å². The Bertz CT molecular complexity index is 546. The molecule has 0 atom stereocenters. The number of benzene rings is 1. The summed E-state index contributed by atoms with van der Waals surface area (Å²) in [5, 5.41) is 2.93. The predicted octanol–water partition coefficient (Wildman–Crippen LogP) is 1.41. The van der Waals surface area contributed by atoms with E-state index < -0.39 is 10.0 Å². The topological polar surface area (TPSA) is 75.3 Å². The number of sulfonamides is 1. The van der Waals surface area contributed by atoms with Gasteiger partial charge < -0.3 is 5.32 Å². The van der Waals surface area contributed by atoms with Gasteiger partial charge in [-0.15, -0.1) is 0 Å². The average molecular weight is 311 g/mol. The van der Waals surface area contributed by atoms with E-state index >= 15 is 0 Å². The molecule has 0 heterocycles. The van der Waals surface area contributed by atoms with Crippen LogP contribution in [0.5, 0.6) is 0 Å². The summed E-state index contributed by atoms with van der Waals surface area (Å²) in [7, 11) is -3.64. The van der Waals surface area contributed by atoms with Crippen molar-refractivity contribution in [2.45, 2.75) is 11.8 Å². The molecule has 0 spiro atoms. The maximum absolute atomic E-state index is 11.8. The Balaban J connectivity index is 2.68. The third-order valence-corrected chi connectivity index (χ3v) is 4.19. The van der Waals surface area contributed by atoms with Crippen molar-refractivity contribution in [2.24, 2.45) is 0 Å². The van der Waals surface area contributed by atoms with Gasteiger partial charge in [0.1, 0.15) is 0 Å². The van der Waals surface area contributed by atoms with Gasteiger partial charge in [0.15, 0.2) is 0 Å². The Morgan fingerprint density at radius 2 is 1.89 bits per heavy atom. The second-order valence-corrected chi connectivity index (χ2v) is 6.04. The van der Waals surface area contributed by atoms with Gasteiger partial charge in [-0.1, -0.05) is 23.2 Å². The molecule has 0 fully saturated rings. The highest BCUT2D eigenvalue weighted by atomic mass is 35.5. The summed E-state index contributed by atoms with van der Waals surface area (Å²) in [6, 6.07) is 4.03. The maximum atomic E-state index is 11.8. The molecule has 0 aromatic heterocycles. The quantitative estimate of drug-likeness (QED) is 0.807. The number of amides is 1. The van der Waals surface area contributed by atoms with E-state index in [-0.39, 0.29) is 33.9 Å². The van der Waals surface area contributed by atoms with Crippen LogP contribution in [0.4, 0.5) is 0 Å². The smallest absolute Gasteiger partial charge is 0.240 e. The zero-order chi connectivity index (χ0) is 13.8. The summed E-state index contributed by atoms with van der Waals surface area (Å²) >= 11 is 11.4. The lowest BCUT2D eigenvalue weighted by Gasteiger charge is -2.07. The minimum atomic E-state index is -3.64. The lowest BCUT2D eigenvalue weighted by Crippen LogP contribution is -2.33. The number of nitrogens with one attached hydrogen (secondary N) is 2. The molecular weight excluding hydrogens is 299 g/mol. The summed E-state index contributed by atoms with van der Waals surface area (Å²) in [5.41, 5.74) is 0. The molecule has 0 saturated carbocycles. The highest BCUT2D eigenvalue weighted by Crippen LogP contribution is 2.24. The molecule has 8 heteroatoms. The number of hydrogen-bond acceptors (Lipinski definition) is 3. The van der Waals surface area contributed by atoms with Crippen molar-refractivity contribution in [3.63, 3.8) is 0 Å². The second kappa shape index (κ2) is 6.38.